The van der Waals surface area contributed by atoms with Crippen LogP contribution in [0.5, 0.6) is 11.5 Å². The van der Waals surface area contributed by atoms with E-state index >= 15 is 0 Å². The quantitative estimate of drug-likeness (QED) is 0.726. The van der Waals surface area contributed by atoms with E-state index in [1.54, 1.807) is 29.8 Å². The summed E-state index contributed by atoms with van der Waals surface area (Å²) in [6, 6.07) is 5.00. The van der Waals surface area contributed by atoms with E-state index in [1.807, 2.05) is 0 Å². The predicted octanol–water partition coefficient (Wildman–Crippen LogP) is 3.17. The lowest BCUT2D eigenvalue weighted by Gasteiger charge is -2.07. The van der Waals surface area contributed by atoms with Gasteiger partial charge in [0.25, 0.3) is 5.91 Å². The molecule has 1 aliphatic heterocycles. The van der Waals surface area contributed by atoms with Crippen molar-refractivity contribution in [2.45, 2.75) is 33.2 Å². The fourth-order valence-electron chi connectivity index (χ4n) is 2.62. The Kier molecular flexibility index (Phi) is 5.85. The van der Waals surface area contributed by atoms with Crippen LogP contribution in [0.15, 0.2) is 18.2 Å². The molecule has 1 amide bonds. The molecule has 0 saturated carbocycles. The topological polar surface area (TPSA) is 91.7 Å². The molecule has 0 fully saturated rings. The number of benzene rings is 1. The molecule has 0 aliphatic carbocycles. The standard InChI is InChI=1S/C18H20ClN3O5/c1-3-4-7-22-17(19)16(11(2)21-22)18(24)25-9-15(23)20-12-5-6-13-14(8-12)27-10-26-13/h5-6,8H,3-4,7,9-10H2,1-2H3,(H,20,23). The summed E-state index contributed by atoms with van der Waals surface area (Å²) < 4.78 is 17.1. The van der Waals surface area contributed by atoms with Gasteiger partial charge in [-0.3, -0.25) is 9.48 Å². The van der Waals surface area contributed by atoms with Gasteiger partial charge in [-0.25, -0.2) is 4.79 Å². The molecular formula is C18H20ClN3O5. The first-order valence-corrected chi connectivity index (χ1v) is 8.97. The van der Waals surface area contributed by atoms with Crippen molar-refractivity contribution < 1.29 is 23.8 Å². The van der Waals surface area contributed by atoms with Crippen LogP contribution in [0.3, 0.4) is 0 Å². The van der Waals surface area contributed by atoms with Gasteiger partial charge in [-0.05, 0) is 25.5 Å². The monoisotopic (exact) mass is 393 g/mol. The highest BCUT2D eigenvalue weighted by atomic mass is 35.5. The Bertz CT molecular complexity index is 865. The maximum Gasteiger partial charge on any atom is 0.343 e. The zero-order valence-electron chi connectivity index (χ0n) is 15.1. The first kappa shape index (κ1) is 19.0. The van der Waals surface area contributed by atoms with E-state index in [4.69, 9.17) is 25.8 Å². The second kappa shape index (κ2) is 8.30. The van der Waals surface area contributed by atoms with E-state index in [9.17, 15) is 9.59 Å². The number of rotatable bonds is 7. The van der Waals surface area contributed by atoms with Crippen LogP contribution < -0.4 is 14.8 Å². The van der Waals surface area contributed by atoms with Crippen LogP contribution in [0.2, 0.25) is 5.15 Å². The number of hydrogen-bond acceptors (Lipinski definition) is 6. The summed E-state index contributed by atoms with van der Waals surface area (Å²) in [5, 5.41) is 7.11. The molecule has 1 aliphatic rings. The summed E-state index contributed by atoms with van der Waals surface area (Å²) in [7, 11) is 0. The highest BCUT2D eigenvalue weighted by Crippen LogP contribution is 2.34. The molecule has 1 aromatic carbocycles. The van der Waals surface area contributed by atoms with Gasteiger partial charge in [0.2, 0.25) is 6.79 Å². The maximum absolute atomic E-state index is 12.3. The van der Waals surface area contributed by atoms with Crippen LogP contribution in [0.25, 0.3) is 0 Å². The van der Waals surface area contributed by atoms with Gasteiger partial charge >= 0.3 is 5.97 Å². The highest BCUT2D eigenvalue weighted by molar-refractivity contribution is 6.32. The van der Waals surface area contributed by atoms with Crippen LogP contribution in [-0.2, 0) is 16.1 Å². The second-order valence-electron chi connectivity index (χ2n) is 6.02. The molecule has 1 N–H and O–H groups in total. The average molecular weight is 394 g/mol. The summed E-state index contributed by atoms with van der Waals surface area (Å²) in [6.45, 7) is 4.06. The number of halogens is 1. The number of unbranched alkanes of at least 4 members (excludes halogenated alkanes) is 1. The average Bonchev–Trinajstić information content (AvgIpc) is 3.21. The number of nitrogens with zero attached hydrogens (tertiary/aromatic N) is 2. The van der Waals surface area contributed by atoms with Crippen LogP contribution in [-0.4, -0.2) is 35.1 Å². The Morgan fingerprint density at radius 3 is 2.89 bits per heavy atom. The van der Waals surface area contributed by atoms with Crippen molar-refractivity contribution in [2.24, 2.45) is 0 Å². The first-order valence-electron chi connectivity index (χ1n) is 8.59. The van der Waals surface area contributed by atoms with E-state index in [0.29, 0.717) is 29.4 Å². The van der Waals surface area contributed by atoms with Crippen molar-refractivity contribution >= 4 is 29.2 Å². The normalized spacial score (nSPS) is 12.1. The number of fused-ring (bicyclic) bond motifs is 1. The molecule has 0 radical (unpaired) electrons. The lowest BCUT2D eigenvalue weighted by Crippen LogP contribution is -2.21. The lowest BCUT2D eigenvalue weighted by atomic mass is 10.2. The van der Waals surface area contributed by atoms with Gasteiger partial charge in [-0.15, -0.1) is 0 Å². The van der Waals surface area contributed by atoms with Crippen molar-refractivity contribution in [2.75, 3.05) is 18.7 Å². The van der Waals surface area contributed by atoms with E-state index in [-0.39, 0.29) is 17.5 Å². The van der Waals surface area contributed by atoms with Crippen molar-refractivity contribution in [3.8, 4) is 11.5 Å². The number of aryl methyl sites for hydroxylation is 2. The van der Waals surface area contributed by atoms with Gasteiger partial charge in [0.15, 0.2) is 18.1 Å². The number of hydrogen-bond donors (Lipinski definition) is 1. The maximum atomic E-state index is 12.3. The molecule has 0 saturated heterocycles. The minimum absolute atomic E-state index is 0.149. The fourth-order valence-corrected chi connectivity index (χ4v) is 2.95. The molecule has 0 spiro atoms. The molecule has 9 heteroatoms. The molecule has 8 nitrogen and oxygen atoms in total. The van der Waals surface area contributed by atoms with Crippen LogP contribution in [0.4, 0.5) is 5.69 Å². The summed E-state index contributed by atoms with van der Waals surface area (Å²) in [5.74, 6) is 0.00627. The number of amides is 1. The highest BCUT2D eigenvalue weighted by Gasteiger charge is 2.22. The van der Waals surface area contributed by atoms with E-state index in [1.165, 1.54) is 0 Å². The van der Waals surface area contributed by atoms with Gasteiger partial charge in [0, 0.05) is 18.3 Å². The number of anilines is 1. The summed E-state index contributed by atoms with van der Waals surface area (Å²) in [5.41, 5.74) is 1.17. The first-order chi connectivity index (χ1) is 13.0. The third-order valence-corrected chi connectivity index (χ3v) is 4.37. The lowest BCUT2D eigenvalue weighted by molar-refractivity contribution is -0.119. The van der Waals surface area contributed by atoms with E-state index in [0.717, 1.165) is 12.8 Å². The Labute approximate surface area is 161 Å². The Hall–Kier alpha value is -2.74. The number of ether oxygens (including phenoxy) is 3. The Morgan fingerprint density at radius 2 is 2.11 bits per heavy atom. The predicted molar refractivity (Wildman–Crippen MR) is 98.4 cm³/mol. The zero-order chi connectivity index (χ0) is 19.4. The smallest absolute Gasteiger partial charge is 0.343 e. The van der Waals surface area contributed by atoms with Crippen molar-refractivity contribution in [3.63, 3.8) is 0 Å². The molecule has 144 valence electrons. The number of carbonyl (C=O) groups excluding carboxylic acids is 2. The molecule has 0 bridgehead atoms. The van der Waals surface area contributed by atoms with Gasteiger partial charge in [0.05, 0.1) is 5.69 Å². The molecule has 2 aromatic rings. The van der Waals surface area contributed by atoms with Gasteiger partial charge < -0.3 is 19.5 Å². The second-order valence-corrected chi connectivity index (χ2v) is 6.38. The Morgan fingerprint density at radius 1 is 1.33 bits per heavy atom. The summed E-state index contributed by atoms with van der Waals surface area (Å²) in [6.07, 6.45) is 1.88. The summed E-state index contributed by atoms with van der Waals surface area (Å²) >= 11 is 6.23. The van der Waals surface area contributed by atoms with Crippen molar-refractivity contribution in [1.82, 2.24) is 9.78 Å². The van der Waals surface area contributed by atoms with E-state index in [2.05, 4.69) is 17.3 Å². The van der Waals surface area contributed by atoms with Crippen LogP contribution in [0.1, 0.15) is 35.8 Å². The number of carbonyl (C=O) groups is 2. The van der Waals surface area contributed by atoms with Crippen LogP contribution >= 0.6 is 11.6 Å². The minimum Gasteiger partial charge on any atom is -0.454 e. The third kappa shape index (κ3) is 4.33. The molecule has 2 heterocycles. The van der Waals surface area contributed by atoms with Crippen molar-refractivity contribution in [3.05, 3.63) is 34.6 Å². The van der Waals surface area contributed by atoms with E-state index < -0.39 is 18.5 Å². The number of esters is 1. The van der Waals surface area contributed by atoms with Gasteiger partial charge in [0.1, 0.15) is 10.7 Å². The van der Waals surface area contributed by atoms with Gasteiger partial charge in [-0.2, -0.15) is 5.10 Å². The number of aromatic nitrogens is 2. The Balaban J connectivity index is 1.57. The SMILES string of the molecule is CCCCn1nc(C)c(C(=O)OCC(=O)Nc2ccc3c(c2)OCO3)c1Cl. The molecular weight excluding hydrogens is 374 g/mol. The zero-order valence-corrected chi connectivity index (χ0v) is 15.8. The minimum atomic E-state index is -0.680. The summed E-state index contributed by atoms with van der Waals surface area (Å²) in [4.78, 5) is 24.4. The third-order valence-electron chi connectivity index (χ3n) is 3.98. The molecule has 3 rings (SSSR count). The fraction of sp³-hybridized carbons (Fsp3) is 0.389. The largest absolute Gasteiger partial charge is 0.454 e. The molecule has 27 heavy (non-hydrogen) atoms. The van der Waals surface area contributed by atoms with Crippen LogP contribution in [0, 0.1) is 6.92 Å². The van der Waals surface area contributed by atoms with Gasteiger partial charge in [-0.1, -0.05) is 24.9 Å². The molecule has 0 unspecified atom stereocenters. The number of nitrogens with one attached hydrogen (secondary N) is 1. The molecule has 0 atom stereocenters. The van der Waals surface area contributed by atoms with Crippen molar-refractivity contribution in [1.29, 1.82) is 0 Å². The molecule has 1 aromatic heterocycles.